The van der Waals surface area contributed by atoms with Crippen LogP contribution in [0.25, 0.3) is 11.0 Å². The smallest absolute Gasteiger partial charge is 0.270 e. The van der Waals surface area contributed by atoms with Gasteiger partial charge in [0.2, 0.25) is 0 Å². The van der Waals surface area contributed by atoms with Crippen molar-refractivity contribution in [1.82, 2.24) is 4.98 Å². The van der Waals surface area contributed by atoms with Crippen molar-refractivity contribution < 1.29 is 4.98 Å². The minimum Gasteiger partial charge on any atom is -0.270 e. The summed E-state index contributed by atoms with van der Waals surface area (Å²) in [5.74, 6) is 1.02. The van der Waals surface area contributed by atoms with Crippen LogP contribution in [0.15, 0.2) is 24.3 Å². The number of nitrogens with zero attached hydrogens (tertiary/aromatic N) is 1. The fourth-order valence-electron chi connectivity index (χ4n) is 1.21. The number of fused-ring (bicyclic) bond motifs is 1. The van der Waals surface area contributed by atoms with Gasteiger partial charge < -0.3 is 0 Å². The summed E-state index contributed by atoms with van der Waals surface area (Å²) in [6.07, 6.45) is 0. The number of rotatable bonds is 1. The first-order chi connectivity index (χ1) is 5.77. The molecule has 1 aromatic carbocycles. The van der Waals surface area contributed by atoms with Crippen LogP contribution in [0, 0.1) is 0 Å². The summed E-state index contributed by atoms with van der Waals surface area (Å²) >= 11 is 0. The maximum Gasteiger partial charge on any atom is 0.355 e. The van der Waals surface area contributed by atoms with E-state index in [1.807, 2.05) is 31.1 Å². The monoisotopic (exact) mass is 162 g/mol. The normalized spacial score (nSPS) is 10.5. The average Bonchev–Trinajstić information content (AvgIpc) is 2.46. The lowest BCUT2D eigenvalue weighted by Crippen LogP contribution is -2.18. The van der Waals surface area contributed by atoms with Gasteiger partial charge in [0.05, 0.1) is 14.1 Å². The molecule has 62 valence electrons. The molecule has 2 N–H and O–H groups in total. The zero-order valence-electron chi connectivity index (χ0n) is 7.26. The molecule has 0 radical (unpaired) electrons. The van der Waals surface area contributed by atoms with Crippen LogP contribution in [0.2, 0.25) is 0 Å². The van der Waals surface area contributed by atoms with Crippen molar-refractivity contribution in [3.05, 3.63) is 24.3 Å². The molecule has 0 saturated carbocycles. The molecule has 12 heavy (non-hydrogen) atoms. The number of H-pyrrole nitrogens is 2. The Morgan fingerprint density at radius 1 is 1.25 bits per heavy atom. The van der Waals surface area contributed by atoms with Gasteiger partial charge in [-0.05, 0) is 12.1 Å². The average molecular weight is 162 g/mol. The number of aromatic nitrogens is 2. The fraction of sp³-hybridized carbons (Fsp3) is 0.222. The number of hydrogen-bond acceptors (Lipinski definition) is 1. The number of aromatic amines is 2. The van der Waals surface area contributed by atoms with Gasteiger partial charge in [0.25, 0.3) is 0 Å². The van der Waals surface area contributed by atoms with Crippen molar-refractivity contribution >= 4 is 17.0 Å². The number of anilines is 1. The van der Waals surface area contributed by atoms with Gasteiger partial charge >= 0.3 is 5.95 Å². The molecular weight excluding hydrogens is 150 g/mol. The van der Waals surface area contributed by atoms with E-state index in [4.69, 9.17) is 0 Å². The summed E-state index contributed by atoms with van der Waals surface area (Å²) in [5, 5.41) is 0. The van der Waals surface area contributed by atoms with Crippen molar-refractivity contribution in [2.24, 2.45) is 0 Å². The van der Waals surface area contributed by atoms with E-state index in [0.29, 0.717) is 0 Å². The van der Waals surface area contributed by atoms with Crippen LogP contribution in [0.1, 0.15) is 0 Å². The van der Waals surface area contributed by atoms with Gasteiger partial charge in [0.1, 0.15) is 11.0 Å². The Morgan fingerprint density at radius 2 is 2.00 bits per heavy atom. The van der Waals surface area contributed by atoms with Crippen LogP contribution in [0.4, 0.5) is 5.95 Å². The highest BCUT2D eigenvalue weighted by Gasteiger charge is 2.08. The zero-order valence-corrected chi connectivity index (χ0v) is 7.26. The summed E-state index contributed by atoms with van der Waals surface area (Å²) < 4.78 is 0. The maximum atomic E-state index is 3.27. The second-order valence-corrected chi connectivity index (χ2v) is 3.04. The standard InChI is InChI=1S/C9H11N3/c1-12(2)9-10-7-5-3-4-6-8(7)11-9/h3-6H,1-2H3,(H,10,11)/p+1. The van der Waals surface area contributed by atoms with E-state index in [9.17, 15) is 0 Å². The minimum absolute atomic E-state index is 1.02. The molecule has 0 unspecified atom stereocenters. The van der Waals surface area contributed by atoms with Crippen LogP contribution in [0.5, 0.6) is 0 Å². The van der Waals surface area contributed by atoms with Crippen LogP contribution >= 0.6 is 0 Å². The molecule has 0 bridgehead atoms. The number of para-hydroxylation sites is 2. The molecule has 0 aliphatic carbocycles. The summed E-state index contributed by atoms with van der Waals surface area (Å²) in [6, 6.07) is 8.15. The first-order valence-electron chi connectivity index (χ1n) is 3.95. The molecule has 3 heteroatoms. The van der Waals surface area contributed by atoms with E-state index >= 15 is 0 Å². The predicted molar refractivity (Wildman–Crippen MR) is 49.2 cm³/mol. The highest BCUT2D eigenvalue weighted by atomic mass is 15.2. The van der Waals surface area contributed by atoms with E-state index in [1.54, 1.807) is 0 Å². The third kappa shape index (κ3) is 1.03. The van der Waals surface area contributed by atoms with Gasteiger partial charge in [0, 0.05) is 0 Å². The summed E-state index contributed by atoms with van der Waals surface area (Å²) in [5.41, 5.74) is 2.28. The largest absolute Gasteiger partial charge is 0.355 e. The van der Waals surface area contributed by atoms with E-state index in [0.717, 1.165) is 17.0 Å². The fourth-order valence-corrected chi connectivity index (χ4v) is 1.21. The van der Waals surface area contributed by atoms with Gasteiger partial charge in [-0.15, -0.1) is 0 Å². The minimum atomic E-state index is 1.02. The van der Waals surface area contributed by atoms with Gasteiger partial charge in [-0.3, -0.25) is 4.90 Å². The van der Waals surface area contributed by atoms with Crippen molar-refractivity contribution in [1.29, 1.82) is 0 Å². The highest BCUT2D eigenvalue weighted by molar-refractivity contribution is 5.72. The Hall–Kier alpha value is -1.51. The van der Waals surface area contributed by atoms with Crippen LogP contribution in [0.3, 0.4) is 0 Å². The second kappa shape index (κ2) is 2.52. The Morgan fingerprint density at radius 3 is 2.67 bits per heavy atom. The van der Waals surface area contributed by atoms with Gasteiger partial charge in [-0.25, -0.2) is 9.97 Å². The third-order valence-electron chi connectivity index (χ3n) is 1.88. The van der Waals surface area contributed by atoms with Gasteiger partial charge in [0.15, 0.2) is 0 Å². The lowest BCUT2D eigenvalue weighted by molar-refractivity contribution is -0.329. The number of hydrogen-bond donors (Lipinski definition) is 1. The quantitative estimate of drug-likeness (QED) is 0.668. The molecule has 0 fully saturated rings. The summed E-state index contributed by atoms with van der Waals surface area (Å²) in [4.78, 5) is 8.54. The second-order valence-electron chi connectivity index (χ2n) is 3.04. The summed E-state index contributed by atoms with van der Waals surface area (Å²) in [7, 11) is 4.00. The number of benzene rings is 1. The van der Waals surface area contributed by atoms with E-state index < -0.39 is 0 Å². The molecule has 2 rings (SSSR count). The predicted octanol–water partition coefficient (Wildman–Crippen LogP) is 1.05. The molecule has 1 aromatic heterocycles. The molecule has 0 amide bonds. The maximum absolute atomic E-state index is 3.27. The molecule has 0 aliphatic rings. The van der Waals surface area contributed by atoms with Crippen molar-refractivity contribution in [3.63, 3.8) is 0 Å². The first kappa shape index (κ1) is 7.16. The van der Waals surface area contributed by atoms with Crippen LogP contribution in [-0.4, -0.2) is 19.1 Å². The summed E-state index contributed by atoms with van der Waals surface area (Å²) in [6.45, 7) is 0. The molecule has 0 spiro atoms. The molecule has 2 aromatic rings. The molecule has 3 nitrogen and oxygen atoms in total. The Bertz CT molecular complexity index is 356. The Kier molecular flexibility index (Phi) is 1.50. The molecule has 0 aliphatic heterocycles. The van der Waals surface area contributed by atoms with E-state index in [2.05, 4.69) is 22.1 Å². The highest BCUT2D eigenvalue weighted by Crippen LogP contribution is 2.09. The lowest BCUT2D eigenvalue weighted by atomic mass is 10.3. The molecular formula is C9H12N3+. The SMILES string of the molecule is CN(C)c1[nH]c2ccccc2[nH+]1. The Balaban J connectivity index is 2.62. The molecule has 0 saturated heterocycles. The van der Waals surface area contributed by atoms with E-state index in [1.165, 1.54) is 0 Å². The van der Waals surface area contributed by atoms with Crippen molar-refractivity contribution in [2.75, 3.05) is 19.0 Å². The lowest BCUT2D eigenvalue weighted by Gasteiger charge is -1.97. The van der Waals surface area contributed by atoms with Crippen LogP contribution < -0.4 is 9.88 Å². The van der Waals surface area contributed by atoms with E-state index in [-0.39, 0.29) is 0 Å². The number of imidazole rings is 1. The van der Waals surface area contributed by atoms with Gasteiger partial charge in [-0.2, -0.15) is 0 Å². The molecule has 1 heterocycles. The third-order valence-corrected chi connectivity index (χ3v) is 1.88. The molecule has 0 atom stereocenters. The first-order valence-corrected chi connectivity index (χ1v) is 3.95. The Labute approximate surface area is 71.0 Å². The zero-order chi connectivity index (χ0) is 8.55. The van der Waals surface area contributed by atoms with Crippen molar-refractivity contribution in [2.45, 2.75) is 0 Å². The van der Waals surface area contributed by atoms with Crippen LogP contribution in [-0.2, 0) is 0 Å². The van der Waals surface area contributed by atoms with Gasteiger partial charge in [-0.1, -0.05) is 12.1 Å². The van der Waals surface area contributed by atoms with Crippen molar-refractivity contribution in [3.8, 4) is 0 Å². The topological polar surface area (TPSA) is 33.2 Å². The number of nitrogens with one attached hydrogen (secondary N) is 2.